The van der Waals surface area contributed by atoms with Crippen molar-refractivity contribution in [3.63, 3.8) is 0 Å². The van der Waals surface area contributed by atoms with Crippen LogP contribution in [0.1, 0.15) is 25.3 Å². The summed E-state index contributed by atoms with van der Waals surface area (Å²) in [6.07, 6.45) is 2.38. The van der Waals surface area contributed by atoms with Crippen LogP contribution in [-0.4, -0.2) is 18.5 Å². The van der Waals surface area contributed by atoms with Gasteiger partial charge in [0, 0.05) is 16.8 Å². The third kappa shape index (κ3) is 3.47. The lowest BCUT2D eigenvalue weighted by Gasteiger charge is -2.09. The summed E-state index contributed by atoms with van der Waals surface area (Å²) < 4.78 is 0. The topological polar surface area (TPSA) is 41.1 Å². The van der Waals surface area contributed by atoms with E-state index in [9.17, 15) is 4.79 Å². The van der Waals surface area contributed by atoms with E-state index in [4.69, 9.17) is 11.6 Å². The van der Waals surface area contributed by atoms with Crippen LogP contribution in [0.5, 0.6) is 0 Å². The molecule has 2 atom stereocenters. The molecule has 0 radical (unpaired) electrons. The largest absolute Gasteiger partial charge is 0.325 e. The van der Waals surface area contributed by atoms with Crippen LogP contribution in [0, 0.1) is 12.8 Å². The number of nitrogens with one attached hydrogen (secondary N) is 2. The Morgan fingerprint density at radius 1 is 1.50 bits per heavy atom. The minimum Gasteiger partial charge on any atom is -0.325 e. The van der Waals surface area contributed by atoms with Gasteiger partial charge in [0.1, 0.15) is 0 Å². The van der Waals surface area contributed by atoms with Crippen LogP contribution >= 0.6 is 11.6 Å². The predicted octanol–water partition coefficient (Wildman–Crippen LogP) is 2.98. The number of hydrogen-bond donors (Lipinski definition) is 2. The molecular weight excluding hydrogens is 248 g/mol. The van der Waals surface area contributed by atoms with Crippen molar-refractivity contribution in [3.8, 4) is 0 Å². The maximum Gasteiger partial charge on any atom is 0.238 e. The van der Waals surface area contributed by atoms with Gasteiger partial charge < -0.3 is 10.6 Å². The van der Waals surface area contributed by atoms with Gasteiger partial charge in [-0.1, -0.05) is 31.0 Å². The van der Waals surface area contributed by atoms with Crippen molar-refractivity contribution in [2.75, 3.05) is 11.9 Å². The quantitative estimate of drug-likeness (QED) is 0.860. The summed E-state index contributed by atoms with van der Waals surface area (Å²) in [7, 11) is 0. The molecule has 2 unspecified atom stereocenters. The second kappa shape index (κ2) is 5.72. The molecule has 0 spiro atoms. The maximum absolute atomic E-state index is 11.8. The molecule has 0 saturated heterocycles. The normalized spacial score (nSPS) is 21.7. The zero-order valence-corrected chi connectivity index (χ0v) is 11.6. The molecule has 1 aliphatic rings. The molecule has 18 heavy (non-hydrogen) atoms. The van der Waals surface area contributed by atoms with E-state index in [1.165, 1.54) is 12.8 Å². The van der Waals surface area contributed by atoms with Crippen molar-refractivity contribution in [2.24, 2.45) is 5.92 Å². The van der Waals surface area contributed by atoms with Crippen molar-refractivity contribution in [2.45, 2.75) is 32.7 Å². The summed E-state index contributed by atoms with van der Waals surface area (Å²) in [6.45, 7) is 4.50. The van der Waals surface area contributed by atoms with Crippen molar-refractivity contribution in [1.29, 1.82) is 0 Å². The molecule has 1 fully saturated rings. The molecule has 0 aromatic heterocycles. The SMILES string of the molecule is CCC1CC1NCC(=O)Nc1cc(Cl)ccc1C. The highest BCUT2D eigenvalue weighted by Crippen LogP contribution is 2.32. The lowest BCUT2D eigenvalue weighted by atomic mass is 10.2. The van der Waals surface area contributed by atoms with E-state index in [0.717, 1.165) is 17.2 Å². The Hall–Kier alpha value is -1.06. The highest BCUT2D eigenvalue weighted by Gasteiger charge is 2.34. The molecule has 3 nitrogen and oxygen atoms in total. The van der Waals surface area contributed by atoms with Crippen LogP contribution in [0.2, 0.25) is 5.02 Å². The number of benzene rings is 1. The Bertz CT molecular complexity index is 447. The molecule has 98 valence electrons. The summed E-state index contributed by atoms with van der Waals surface area (Å²) in [5.41, 5.74) is 1.81. The van der Waals surface area contributed by atoms with Crippen molar-refractivity contribution in [3.05, 3.63) is 28.8 Å². The van der Waals surface area contributed by atoms with E-state index in [1.807, 2.05) is 19.1 Å². The third-order valence-corrected chi connectivity index (χ3v) is 3.68. The van der Waals surface area contributed by atoms with Gasteiger partial charge in [0.25, 0.3) is 0 Å². The average Bonchev–Trinajstić information content (AvgIpc) is 3.10. The van der Waals surface area contributed by atoms with Gasteiger partial charge >= 0.3 is 0 Å². The molecule has 1 aromatic rings. The minimum absolute atomic E-state index is 0.0119. The molecule has 1 amide bonds. The Morgan fingerprint density at radius 3 is 2.94 bits per heavy atom. The average molecular weight is 267 g/mol. The summed E-state index contributed by atoms with van der Waals surface area (Å²) in [5, 5.41) is 6.78. The summed E-state index contributed by atoms with van der Waals surface area (Å²) >= 11 is 5.91. The Kier molecular flexibility index (Phi) is 4.25. The first-order valence-electron chi connectivity index (χ1n) is 6.39. The third-order valence-electron chi connectivity index (χ3n) is 3.45. The number of anilines is 1. The monoisotopic (exact) mass is 266 g/mol. The van der Waals surface area contributed by atoms with Crippen LogP contribution in [0.3, 0.4) is 0 Å². The molecule has 0 aliphatic heterocycles. The molecule has 1 saturated carbocycles. The summed E-state index contributed by atoms with van der Waals surface area (Å²) in [5.74, 6) is 0.743. The van der Waals surface area contributed by atoms with Crippen molar-refractivity contribution in [1.82, 2.24) is 5.32 Å². The summed E-state index contributed by atoms with van der Waals surface area (Å²) in [4.78, 5) is 11.8. The lowest BCUT2D eigenvalue weighted by molar-refractivity contribution is -0.115. The van der Waals surface area contributed by atoms with Gasteiger partial charge in [-0.2, -0.15) is 0 Å². The first-order chi connectivity index (χ1) is 8.60. The molecule has 1 aliphatic carbocycles. The number of halogens is 1. The van der Waals surface area contributed by atoms with E-state index in [-0.39, 0.29) is 5.91 Å². The smallest absolute Gasteiger partial charge is 0.238 e. The minimum atomic E-state index is -0.0119. The van der Waals surface area contributed by atoms with Crippen LogP contribution in [-0.2, 0) is 4.79 Å². The van der Waals surface area contributed by atoms with Gasteiger partial charge in [-0.25, -0.2) is 0 Å². The number of amides is 1. The molecule has 0 bridgehead atoms. The molecular formula is C14H19ClN2O. The van der Waals surface area contributed by atoms with Crippen LogP contribution in [0.15, 0.2) is 18.2 Å². The van der Waals surface area contributed by atoms with E-state index in [1.54, 1.807) is 6.07 Å². The van der Waals surface area contributed by atoms with E-state index >= 15 is 0 Å². The fourth-order valence-electron chi connectivity index (χ4n) is 2.10. The second-order valence-corrected chi connectivity index (χ2v) is 5.34. The number of carbonyl (C=O) groups excluding carboxylic acids is 1. The zero-order chi connectivity index (χ0) is 13.1. The van der Waals surface area contributed by atoms with E-state index < -0.39 is 0 Å². The fraction of sp³-hybridized carbons (Fsp3) is 0.500. The molecule has 2 rings (SSSR count). The van der Waals surface area contributed by atoms with E-state index in [0.29, 0.717) is 17.6 Å². The van der Waals surface area contributed by atoms with Gasteiger partial charge in [-0.3, -0.25) is 4.79 Å². The van der Waals surface area contributed by atoms with E-state index in [2.05, 4.69) is 17.6 Å². The van der Waals surface area contributed by atoms with Crippen LogP contribution in [0.25, 0.3) is 0 Å². The highest BCUT2D eigenvalue weighted by molar-refractivity contribution is 6.31. The standard InChI is InChI=1S/C14H19ClN2O/c1-3-10-6-13(10)16-8-14(18)17-12-7-11(15)5-4-9(12)2/h4-5,7,10,13,16H,3,6,8H2,1-2H3,(H,17,18). The summed E-state index contributed by atoms with van der Waals surface area (Å²) in [6, 6.07) is 6.03. The molecule has 4 heteroatoms. The Labute approximate surface area is 113 Å². The Balaban J connectivity index is 1.82. The first-order valence-corrected chi connectivity index (χ1v) is 6.77. The number of carbonyl (C=O) groups is 1. The maximum atomic E-state index is 11.8. The molecule has 1 aromatic carbocycles. The predicted molar refractivity (Wildman–Crippen MR) is 75.0 cm³/mol. The van der Waals surface area contributed by atoms with Gasteiger partial charge in [-0.05, 0) is 37.0 Å². The fourth-order valence-corrected chi connectivity index (χ4v) is 2.27. The van der Waals surface area contributed by atoms with Gasteiger partial charge in [0.15, 0.2) is 0 Å². The number of rotatable bonds is 5. The van der Waals surface area contributed by atoms with Gasteiger partial charge in [0.2, 0.25) is 5.91 Å². The highest BCUT2D eigenvalue weighted by atomic mass is 35.5. The lowest BCUT2D eigenvalue weighted by Crippen LogP contribution is -2.30. The van der Waals surface area contributed by atoms with Crippen molar-refractivity contribution >= 4 is 23.2 Å². The first kappa shape index (κ1) is 13.4. The number of aryl methyl sites for hydroxylation is 1. The zero-order valence-electron chi connectivity index (χ0n) is 10.8. The Morgan fingerprint density at radius 2 is 2.28 bits per heavy atom. The van der Waals surface area contributed by atoms with Gasteiger partial charge in [-0.15, -0.1) is 0 Å². The van der Waals surface area contributed by atoms with Crippen LogP contribution < -0.4 is 10.6 Å². The van der Waals surface area contributed by atoms with Crippen molar-refractivity contribution < 1.29 is 4.79 Å². The molecule has 2 N–H and O–H groups in total. The molecule has 0 heterocycles. The van der Waals surface area contributed by atoms with Crippen LogP contribution in [0.4, 0.5) is 5.69 Å². The number of hydrogen-bond acceptors (Lipinski definition) is 2. The second-order valence-electron chi connectivity index (χ2n) is 4.90. The van der Waals surface area contributed by atoms with Gasteiger partial charge in [0.05, 0.1) is 6.54 Å².